The Morgan fingerprint density at radius 3 is 2.58 bits per heavy atom. The molecule has 4 rings (SSSR count). The molecule has 5 heteroatoms. The van der Waals surface area contributed by atoms with Crippen LogP contribution in [0.4, 0.5) is 0 Å². The molecule has 0 radical (unpaired) electrons. The molecule has 3 aromatic rings. The fraction of sp³-hybridized carbons (Fsp3) is 0.238. The molecule has 1 aliphatic rings. The fourth-order valence-electron chi connectivity index (χ4n) is 3.22. The van der Waals surface area contributed by atoms with Crippen LogP contribution in [0.2, 0.25) is 0 Å². The lowest BCUT2D eigenvalue weighted by Gasteiger charge is -2.27. The topological polar surface area (TPSA) is 38.1 Å². The van der Waals surface area contributed by atoms with Crippen LogP contribution in [0.5, 0.6) is 0 Å². The second-order valence-electron chi connectivity index (χ2n) is 6.59. The average molecular weight is 363 g/mol. The Kier molecular flexibility index (Phi) is 4.71. The summed E-state index contributed by atoms with van der Waals surface area (Å²) in [6.45, 7) is 6.18. The lowest BCUT2D eigenvalue weighted by atomic mass is 10.0. The Bertz CT molecular complexity index is 902. The molecule has 1 aliphatic heterocycles. The zero-order valence-corrected chi connectivity index (χ0v) is 15.4. The minimum Gasteiger partial charge on any atom is -0.338 e. The highest BCUT2D eigenvalue weighted by Crippen LogP contribution is 2.29. The summed E-state index contributed by atoms with van der Waals surface area (Å²) >= 11 is 1.61. The number of hydrogen-bond donors (Lipinski definition) is 0. The molecule has 0 spiro atoms. The number of rotatable bonds is 4. The van der Waals surface area contributed by atoms with E-state index in [-0.39, 0.29) is 5.91 Å². The largest absolute Gasteiger partial charge is 0.338 e. The molecular formula is C21H21N3OS. The fourth-order valence-corrected chi connectivity index (χ4v) is 3.94. The van der Waals surface area contributed by atoms with Gasteiger partial charge < -0.3 is 4.90 Å². The van der Waals surface area contributed by atoms with Gasteiger partial charge in [-0.15, -0.1) is 11.3 Å². The Morgan fingerprint density at radius 1 is 1.12 bits per heavy atom. The van der Waals surface area contributed by atoms with Crippen LogP contribution in [0, 0.1) is 0 Å². The highest BCUT2D eigenvalue weighted by atomic mass is 32.1. The molecule has 1 saturated heterocycles. The molecule has 3 heterocycles. The van der Waals surface area contributed by atoms with Crippen LogP contribution >= 0.6 is 11.3 Å². The van der Waals surface area contributed by atoms with E-state index in [1.807, 2.05) is 51.5 Å². The van der Waals surface area contributed by atoms with Crippen LogP contribution in [0.3, 0.4) is 0 Å². The maximum atomic E-state index is 13.1. The minimum absolute atomic E-state index is 0.0696. The molecule has 0 N–H and O–H groups in total. The van der Waals surface area contributed by atoms with Crippen molar-refractivity contribution in [3.63, 3.8) is 0 Å². The van der Waals surface area contributed by atoms with Gasteiger partial charge in [-0.05, 0) is 29.9 Å². The SMILES string of the molecule is C=C1CCN(C(=O)c2cn(Cc3ccccc3)nc2-c2cccs2)CC1. The predicted octanol–water partition coefficient (Wildman–Crippen LogP) is 4.45. The quantitative estimate of drug-likeness (QED) is 0.642. The molecule has 0 unspecified atom stereocenters. The third-order valence-electron chi connectivity index (χ3n) is 4.69. The van der Waals surface area contributed by atoms with E-state index in [1.54, 1.807) is 11.3 Å². The molecule has 0 saturated carbocycles. The van der Waals surface area contributed by atoms with Crippen molar-refractivity contribution in [3.05, 3.63) is 77.3 Å². The average Bonchev–Trinajstić information content (AvgIpc) is 3.32. The summed E-state index contributed by atoms with van der Waals surface area (Å²) in [5.74, 6) is 0.0696. The van der Waals surface area contributed by atoms with E-state index < -0.39 is 0 Å². The number of carbonyl (C=O) groups is 1. The maximum Gasteiger partial charge on any atom is 0.257 e. The second-order valence-corrected chi connectivity index (χ2v) is 7.54. The Labute approximate surface area is 157 Å². The van der Waals surface area contributed by atoms with Gasteiger partial charge in [0.2, 0.25) is 0 Å². The normalized spacial score (nSPS) is 14.6. The summed E-state index contributed by atoms with van der Waals surface area (Å²) in [5.41, 5.74) is 3.87. The highest BCUT2D eigenvalue weighted by Gasteiger charge is 2.25. The number of benzene rings is 1. The Balaban J connectivity index is 1.66. The lowest BCUT2D eigenvalue weighted by Crippen LogP contribution is -2.36. The van der Waals surface area contributed by atoms with Gasteiger partial charge in [-0.2, -0.15) is 5.10 Å². The standard InChI is InChI=1S/C21H21N3OS/c1-16-9-11-23(12-10-16)21(25)18-15-24(14-17-6-3-2-4-7-17)22-20(18)19-8-5-13-26-19/h2-8,13,15H,1,9-12,14H2. The molecule has 1 fully saturated rings. The minimum atomic E-state index is 0.0696. The van der Waals surface area contributed by atoms with Crippen LogP contribution in [-0.4, -0.2) is 33.7 Å². The van der Waals surface area contributed by atoms with Gasteiger partial charge in [-0.25, -0.2) is 0 Å². The van der Waals surface area contributed by atoms with Gasteiger partial charge in [0, 0.05) is 19.3 Å². The molecule has 0 atom stereocenters. The predicted molar refractivity (Wildman–Crippen MR) is 105 cm³/mol. The second kappa shape index (κ2) is 7.30. The van der Waals surface area contributed by atoms with E-state index in [1.165, 1.54) is 11.1 Å². The summed E-state index contributed by atoms with van der Waals surface area (Å²) < 4.78 is 1.88. The molecule has 0 bridgehead atoms. The lowest BCUT2D eigenvalue weighted by molar-refractivity contribution is 0.0744. The first-order chi connectivity index (χ1) is 12.7. The number of thiophene rings is 1. The van der Waals surface area contributed by atoms with E-state index >= 15 is 0 Å². The molecule has 26 heavy (non-hydrogen) atoms. The molecule has 2 aromatic heterocycles. The van der Waals surface area contributed by atoms with Crippen LogP contribution in [-0.2, 0) is 6.54 Å². The van der Waals surface area contributed by atoms with Gasteiger partial charge in [0.05, 0.1) is 17.0 Å². The number of aromatic nitrogens is 2. The number of carbonyl (C=O) groups excluding carboxylic acids is 1. The van der Waals surface area contributed by atoms with Crippen molar-refractivity contribution in [2.75, 3.05) is 13.1 Å². The summed E-state index contributed by atoms with van der Waals surface area (Å²) in [6, 6.07) is 14.2. The highest BCUT2D eigenvalue weighted by molar-refractivity contribution is 7.13. The zero-order valence-electron chi connectivity index (χ0n) is 14.6. The summed E-state index contributed by atoms with van der Waals surface area (Å²) in [7, 11) is 0. The van der Waals surface area contributed by atoms with Crippen molar-refractivity contribution in [2.24, 2.45) is 0 Å². The molecule has 4 nitrogen and oxygen atoms in total. The van der Waals surface area contributed by atoms with Crippen LogP contribution in [0.15, 0.2) is 66.2 Å². The Morgan fingerprint density at radius 2 is 1.88 bits per heavy atom. The van der Waals surface area contributed by atoms with Gasteiger partial charge in [-0.3, -0.25) is 9.48 Å². The first-order valence-corrected chi connectivity index (χ1v) is 9.70. The van der Waals surface area contributed by atoms with Crippen molar-refractivity contribution in [1.29, 1.82) is 0 Å². The van der Waals surface area contributed by atoms with E-state index in [9.17, 15) is 4.79 Å². The first kappa shape index (κ1) is 16.8. The van der Waals surface area contributed by atoms with Gasteiger partial charge in [0.25, 0.3) is 5.91 Å². The van der Waals surface area contributed by atoms with E-state index in [0.717, 1.165) is 36.5 Å². The molecule has 1 amide bonds. The number of nitrogens with zero attached hydrogens (tertiary/aromatic N) is 3. The Hall–Kier alpha value is -2.66. The third kappa shape index (κ3) is 3.48. The monoisotopic (exact) mass is 363 g/mol. The molecule has 132 valence electrons. The summed E-state index contributed by atoms with van der Waals surface area (Å²) in [6.07, 6.45) is 3.67. The van der Waals surface area contributed by atoms with Gasteiger partial charge in [0.1, 0.15) is 5.69 Å². The molecule has 1 aromatic carbocycles. The van der Waals surface area contributed by atoms with Crippen molar-refractivity contribution in [1.82, 2.24) is 14.7 Å². The van der Waals surface area contributed by atoms with Gasteiger partial charge in [-0.1, -0.05) is 48.6 Å². The van der Waals surface area contributed by atoms with Crippen LogP contribution < -0.4 is 0 Å². The van der Waals surface area contributed by atoms with E-state index in [0.29, 0.717) is 12.1 Å². The van der Waals surface area contributed by atoms with Crippen molar-refractivity contribution < 1.29 is 4.79 Å². The van der Waals surface area contributed by atoms with Crippen LogP contribution in [0.1, 0.15) is 28.8 Å². The summed E-state index contributed by atoms with van der Waals surface area (Å²) in [5, 5.41) is 6.76. The third-order valence-corrected chi connectivity index (χ3v) is 5.57. The number of hydrogen-bond acceptors (Lipinski definition) is 3. The number of piperidine rings is 1. The van der Waals surface area contributed by atoms with Gasteiger partial charge in [0.15, 0.2) is 0 Å². The van der Waals surface area contributed by atoms with Crippen molar-refractivity contribution >= 4 is 17.2 Å². The first-order valence-electron chi connectivity index (χ1n) is 8.82. The molecule has 0 aliphatic carbocycles. The zero-order chi connectivity index (χ0) is 17.9. The smallest absolute Gasteiger partial charge is 0.257 e. The van der Waals surface area contributed by atoms with E-state index in [4.69, 9.17) is 5.10 Å². The van der Waals surface area contributed by atoms with Crippen molar-refractivity contribution in [3.8, 4) is 10.6 Å². The van der Waals surface area contributed by atoms with E-state index in [2.05, 4.69) is 18.7 Å². The number of amides is 1. The molecular weight excluding hydrogens is 342 g/mol. The number of likely N-dealkylation sites (tertiary alicyclic amines) is 1. The van der Waals surface area contributed by atoms with Crippen molar-refractivity contribution in [2.45, 2.75) is 19.4 Å². The summed E-state index contributed by atoms with van der Waals surface area (Å²) in [4.78, 5) is 16.1. The van der Waals surface area contributed by atoms with Gasteiger partial charge >= 0.3 is 0 Å². The van der Waals surface area contributed by atoms with Crippen LogP contribution in [0.25, 0.3) is 10.6 Å². The maximum absolute atomic E-state index is 13.1.